The fourth-order valence-corrected chi connectivity index (χ4v) is 10.3. The van der Waals surface area contributed by atoms with Crippen LogP contribution in [0.2, 0.25) is 0 Å². The Morgan fingerprint density at radius 2 is 1.82 bits per heavy atom. The van der Waals surface area contributed by atoms with Crippen molar-refractivity contribution < 1.29 is 49.0 Å². The summed E-state index contributed by atoms with van der Waals surface area (Å²) >= 11 is 0. The maximum Gasteiger partial charge on any atom is 0.331 e. The minimum Gasteiger partial charge on any atom is -0.458 e. The zero-order chi connectivity index (χ0) is 27.5. The van der Waals surface area contributed by atoms with Gasteiger partial charge in [0.25, 0.3) is 0 Å². The van der Waals surface area contributed by atoms with Gasteiger partial charge in [0.15, 0.2) is 0 Å². The van der Waals surface area contributed by atoms with Gasteiger partial charge in [0.2, 0.25) is 12.1 Å². The molecule has 0 bridgehead atoms. The third-order valence-corrected chi connectivity index (χ3v) is 12.1. The summed E-state index contributed by atoms with van der Waals surface area (Å²) in [6.07, 6.45) is 2.23. The predicted octanol–water partition coefficient (Wildman–Crippen LogP) is 0.971. The zero-order valence-electron chi connectivity index (χ0n) is 22.5. The van der Waals surface area contributed by atoms with Crippen molar-refractivity contribution in [3.63, 3.8) is 0 Å². The van der Waals surface area contributed by atoms with Gasteiger partial charge in [0.05, 0.1) is 30.0 Å². The van der Waals surface area contributed by atoms with Gasteiger partial charge in [-0.1, -0.05) is 6.92 Å². The van der Waals surface area contributed by atoms with Crippen LogP contribution in [0.4, 0.5) is 0 Å². The molecule has 3 aliphatic heterocycles. The van der Waals surface area contributed by atoms with E-state index in [0.717, 1.165) is 24.7 Å². The van der Waals surface area contributed by atoms with Gasteiger partial charge in [-0.3, -0.25) is 0 Å². The average molecular weight is 549 g/mol. The Morgan fingerprint density at radius 1 is 1.03 bits per heavy atom. The number of esters is 1. The molecule has 0 aromatic heterocycles. The van der Waals surface area contributed by atoms with Gasteiger partial charge in [0, 0.05) is 35.7 Å². The van der Waals surface area contributed by atoms with E-state index in [2.05, 4.69) is 0 Å². The van der Waals surface area contributed by atoms with Crippen LogP contribution < -0.4 is 0 Å². The number of aldehydes is 1. The maximum absolute atomic E-state index is 13.1. The number of ether oxygens (including phenoxy) is 4. The number of fused-ring (bicyclic) bond motifs is 7. The normalized spacial score (nSPS) is 58.2. The fourth-order valence-electron chi connectivity index (χ4n) is 10.3. The first kappa shape index (κ1) is 26.5. The molecule has 0 radical (unpaired) electrons. The van der Waals surface area contributed by atoms with Gasteiger partial charge < -0.3 is 44.2 Å². The van der Waals surface area contributed by atoms with E-state index in [4.69, 9.17) is 18.9 Å². The third kappa shape index (κ3) is 3.40. The molecule has 0 aromatic rings. The summed E-state index contributed by atoms with van der Waals surface area (Å²) in [4.78, 5) is 25.0. The molecule has 10 heteroatoms. The predicted molar refractivity (Wildman–Crippen MR) is 133 cm³/mol. The smallest absolute Gasteiger partial charge is 0.331 e. The molecule has 7 rings (SSSR count). The minimum absolute atomic E-state index is 0.0249. The van der Waals surface area contributed by atoms with Crippen LogP contribution in [0.1, 0.15) is 65.2 Å². The Bertz CT molecular complexity index is 1090. The van der Waals surface area contributed by atoms with E-state index in [0.29, 0.717) is 25.7 Å². The molecule has 0 amide bonds. The molecule has 4 N–H and O–H groups in total. The molecular formula is C29H40O10. The van der Waals surface area contributed by atoms with E-state index in [1.54, 1.807) is 0 Å². The monoisotopic (exact) mass is 548 g/mol. The number of cyclic esters (lactones) is 1. The number of rotatable bonds is 2. The van der Waals surface area contributed by atoms with Crippen molar-refractivity contribution in [2.75, 3.05) is 6.61 Å². The topological polar surface area (TPSA) is 152 Å². The first-order valence-corrected chi connectivity index (χ1v) is 14.6. The molecule has 4 saturated carbocycles. The molecular weight excluding hydrogens is 508 g/mol. The summed E-state index contributed by atoms with van der Waals surface area (Å²) in [5, 5.41) is 45.6. The van der Waals surface area contributed by atoms with Crippen LogP contribution in [0, 0.1) is 34.5 Å². The van der Waals surface area contributed by atoms with Crippen LogP contribution >= 0.6 is 0 Å². The second-order valence-corrected chi connectivity index (χ2v) is 13.7. The lowest BCUT2D eigenvalue weighted by Crippen LogP contribution is -2.71. The van der Waals surface area contributed by atoms with Crippen molar-refractivity contribution >= 4 is 12.3 Å². The molecule has 0 unspecified atom stereocenters. The highest BCUT2D eigenvalue weighted by molar-refractivity contribution is 5.85. The average Bonchev–Trinajstić information content (AvgIpc) is 3.38. The van der Waals surface area contributed by atoms with Crippen molar-refractivity contribution in [3.8, 4) is 0 Å². The molecule has 6 fully saturated rings. The van der Waals surface area contributed by atoms with Gasteiger partial charge >= 0.3 is 5.97 Å². The first-order chi connectivity index (χ1) is 18.4. The van der Waals surface area contributed by atoms with E-state index >= 15 is 0 Å². The second-order valence-electron chi connectivity index (χ2n) is 13.7. The van der Waals surface area contributed by atoms with Crippen molar-refractivity contribution in [1.82, 2.24) is 0 Å². The summed E-state index contributed by atoms with van der Waals surface area (Å²) in [5.74, 6) is -3.11. The minimum atomic E-state index is -2.00. The van der Waals surface area contributed by atoms with Crippen molar-refractivity contribution in [2.24, 2.45) is 34.5 Å². The first-order valence-electron chi connectivity index (χ1n) is 14.6. The Kier molecular flexibility index (Phi) is 5.82. The largest absolute Gasteiger partial charge is 0.458 e. The number of aliphatic hydroxyl groups excluding tert-OH is 2. The van der Waals surface area contributed by atoms with Crippen LogP contribution in [-0.4, -0.2) is 87.5 Å². The lowest BCUT2D eigenvalue weighted by Gasteiger charge is -2.64. The van der Waals surface area contributed by atoms with Gasteiger partial charge in [0.1, 0.15) is 19.0 Å². The quantitative estimate of drug-likeness (QED) is 0.223. The summed E-state index contributed by atoms with van der Waals surface area (Å²) in [6.45, 7) is 3.97. The number of aliphatic hydroxyl groups is 4. The number of hydrogen-bond acceptors (Lipinski definition) is 10. The van der Waals surface area contributed by atoms with Crippen LogP contribution in [0.15, 0.2) is 11.6 Å². The van der Waals surface area contributed by atoms with Gasteiger partial charge in [-0.25, -0.2) is 4.79 Å². The highest BCUT2D eigenvalue weighted by Gasteiger charge is 2.72. The number of carbonyl (C=O) groups excluding carboxylic acids is 2. The van der Waals surface area contributed by atoms with Crippen molar-refractivity contribution in [2.45, 2.75) is 113 Å². The van der Waals surface area contributed by atoms with Gasteiger partial charge in [-0.05, 0) is 68.8 Å². The van der Waals surface area contributed by atoms with Crippen LogP contribution in [0.3, 0.4) is 0 Å². The van der Waals surface area contributed by atoms with Gasteiger partial charge in [-0.15, -0.1) is 0 Å². The van der Waals surface area contributed by atoms with E-state index < -0.39 is 52.8 Å². The van der Waals surface area contributed by atoms with E-state index in [1.807, 2.05) is 13.8 Å². The van der Waals surface area contributed by atoms with Crippen molar-refractivity contribution in [1.29, 1.82) is 0 Å². The lowest BCUT2D eigenvalue weighted by atomic mass is 9.42. The summed E-state index contributed by atoms with van der Waals surface area (Å²) in [6, 6.07) is 0. The SMILES string of the molecule is C[C@@H]1C[C@@H](O)[C@]2(O)O[C@@H]3C[C@@]4(C=O)[C@@H](CC[C@@H]5[C@@H]4CC[C@]4(C)[C@@H](C6=CC(=O)OC6)[C@H](O)C[C@]54O)C[C@H]3O[C@@H]2O1. The van der Waals surface area contributed by atoms with Crippen LogP contribution in [-0.2, 0) is 28.5 Å². The lowest BCUT2D eigenvalue weighted by molar-refractivity contribution is -0.457. The molecule has 4 aliphatic carbocycles. The van der Waals surface area contributed by atoms with Crippen LogP contribution in [0.25, 0.3) is 0 Å². The molecule has 14 atom stereocenters. The zero-order valence-corrected chi connectivity index (χ0v) is 22.5. The molecule has 0 spiro atoms. The summed E-state index contributed by atoms with van der Waals surface area (Å²) in [7, 11) is 0. The van der Waals surface area contributed by atoms with E-state index in [9.17, 15) is 30.0 Å². The second kappa shape index (κ2) is 8.56. The number of hydrogen-bond donors (Lipinski definition) is 4. The Balaban J connectivity index is 1.20. The number of carbonyl (C=O) groups is 2. The fraction of sp³-hybridized carbons (Fsp3) is 0.862. The molecule has 216 valence electrons. The maximum atomic E-state index is 13.1. The molecule has 7 aliphatic rings. The molecule has 3 heterocycles. The Morgan fingerprint density at radius 3 is 2.54 bits per heavy atom. The van der Waals surface area contributed by atoms with E-state index in [-0.39, 0.29) is 55.3 Å². The Labute approximate surface area is 227 Å². The molecule has 39 heavy (non-hydrogen) atoms. The molecule has 0 aromatic carbocycles. The molecule has 10 nitrogen and oxygen atoms in total. The Hall–Kier alpha value is -1.40. The summed E-state index contributed by atoms with van der Waals surface area (Å²) < 4.78 is 23.4. The van der Waals surface area contributed by atoms with E-state index in [1.165, 1.54) is 6.08 Å². The standard InChI is InChI=1S/C29H40O10/c1-14-7-22(32)29(35)25(37-14)38-20-9-16-3-4-18-17(27(16,13-30)11-21(20)39-29)5-6-26(2)24(15-8-23(33)36-12-15)19(31)10-28(18,26)34/h8,13-14,16-22,24-25,31-32,34-35H,3-7,9-12H2,1-2H3/t14-,16+,17+,18-,19-,20-,21-,22-,24+,25+,26-,27-,28+,29+/m1/s1. The van der Waals surface area contributed by atoms with Crippen molar-refractivity contribution in [3.05, 3.63) is 11.6 Å². The van der Waals surface area contributed by atoms with Crippen LogP contribution in [0.5, 0.6) is 0 Å². The van der Waals surface area contributed by atoms with Gasteiger partial charge in [-0.2, -0.15) is 0 Å². The highest BCUT2D eigenvalue weighted by Crippen LogP contribution is 2.70. The molecule has 2 saturated heterocycles. The summed E-state index contributed by atoms with van der Waals surface area (Å²) in [5.41, 5.74) is -1.91. The third-order valence-electron chi connectivity index (χ3n) is 12.1. The highest BCUT2D eigenvalue weighted by atomic mass is 16.8.